The van der Waals surface area contributed by atoms with Gasteiger partial charge in [0.1, 0.15) is 0 Å². The second kappa shape index (κ2) is 9.01. The summed E-state index contributed by atoms with van der Waals surface area (Å²) in [5.41, 5.74) is -1.51. The highest BCUT2D eigenvalue weighted by Crippen LogP contribution is 1.98. The number of carbonyl (C=O) groups is 1. The van der Waals surface area contributed by atoms with Crippen molar-refractivity contribution in [2.45, 2.75) is 19.4 Å². The number of ether oxygens (including phenoxy) is 1. The lowest BCUT2D eigenvalue weighted by atomic mass is 10.9. The molecule has 0 bridgehead atoms. The standard InChI is InChI=1S/C3H4Cl2O2.C2H6O/c1-2(4)7-3(5)6;1-2-3/h2H,1H3;3H,2H2,1H3. The highest BCUT2D eigenvalue weighted by molar-refractivity contribution is 6.61. The molecule has 62 valence electrons. The molecule has 10 heavy (non-hydrogen) atoms. The molecule has 1 N–H and O–H groups in total. The Kier molecular flexibility index (Phi) is 11.4. The second-order valence-electron chi connectivity index (χ2n) is 1.21. The van der Waals surface area contributed by atoms with E-state index in [-0.39, 0.29) is 6.61 Å². The van der Waals surface area contributed by atoms with E-state index in [4.69, 9.17) is 28.3 Å². The van der Waals surface area contributed by atoms with Gasteiger partial charge in [-0.3, -0.25) is 0 Å². The molecule has 0 aliphatic carbocycles. The van der Waals surface area contributed by atoms with Crippen LogP contribution in [0, 0.1) is 0 Å². The molecule has 0 heterocycles. The average molecular weight is 189 g/mol. The largest absolute Gasteiger partial charge is 0.434 e. The predicted octanol–water partition coefficient (Wildman–Crippen LogP) is 1.95. The number of carbonyl (C=O) groups excluding carboxylic acids is 1. The van der Waals surface area contributed by atoms with Gasteiger partial charge in [-0.15, -0.1) is 0 Å². The van der Waals surface area contributed by atoms with Gasteiger partial charge in [0.15, 0.2) is 5.56 Å². The van der Waals surface area contributed by atoms with E-state index in [1.165, 1.54) is 6.92 Å². The zero-order chi connectivity index (χ0) is 8.57. The van der Waals surface area contributed by atoms with Crippen LogP contribution in [0.2, 0.25) is 0 Å². The molecule has 3 nitrogen and oxygen atoms in total. The fourth-order valence-electron chi connectivity index (χ4n) is 0.128. The summed E-state index contributed by atoms with van der Waals surface area (Å²) in [6, 6.07) is 0. The Bertz CT molecular complexity index is 85.0. The second-order valence-corrected chi connectivity index (χ2v) is 2.14. The van der Waals surface area contributed by atoms with Crippen molar-refractivity contribution in [1.82, 2.24) is 0 Å². The molecule has 1 unspecified atom stereocenters. The van der Waals surface area contributed by atoms with Crippen LogP contribution in [0.25, 0.3) is 0 Å². The molecule has 0 spiro atoms. The lowest BCUT2D eigenvalue weighted by Crippen LogP contribution is -1.99. The number of rotatable bonds is 1. The van der Waals surface area contributed by atoms with E-state index in [0.29, 0.717) is 0 Å². The third kappa shape index (κ3) is 24.5. The average Bonchev–Trinajstić information content (AvgIpc) is 1.62. The number of hydrogen-bond acceptors (Lipinski definition) is 3. The number of halogens is 2. The van der Waals surface area contributed by atoms with Crippen LogP contribution in [0.15, 0.2) is 0 Å². The van der Waals surface area contributed by atoms with E-state index >= 15 is 0 Å². The molecule has 0 aromatic rings. The summed E-state index contributed by atoms with van der Waals surface area (Å²) in [6.45, 7) is 3.43. The van der Waals surface area contributed by atoms with Gasteiger partial charge in [-0.1, -0.05) is 11.6 Å². The Labute approximate surface area is 69.9 Å². The zero-order valence-electron chi connectivity index (χ0n) is 5.80. The summed E-state index contributed by atoms with van der Waals surface area (Å²) in [5.74, 6) is 0. The molecule has 0 fully saturated rings. The minimum absolute atomic E-state index is 0.250. The maximum absolute atomic E-state index is 9.71. The number of aliphatic hydroxyl groups excluding tert-OH is 1. The monoisotopic (exact) mass is 188 g/mol. The van der Waals surface area contributed by atoms with Crippen molar-refractivity contribution in [3.8, 4) is 0 Å². The topological polar surface area (TPSA) is 46.5 Å². The zero-order valence-corrected chi connectivity index (χ0v) is 7.32. The first-order chi connectivity index (χ1) is 4.54. The van der Waals surface area contributed by atoms with Crippen LogP contribution in [0.3, 0.4) is 0 Å². The van der Waals surface area contributed by atoms with Gasteiger partial charge in [0, 0.05) is 18.2 Å². The number of alkyl halides is 1. The van der Waals surface area contributed by atoms with E-state index < -0.39 is 11.0 Å². The summed E-state index contributed by atoms with van der Waals surface area (Å²) in [4.78, 5) is 9.71. The van der Waals surface area contributed by atoms with Crippen LogP contribution in [0.5, 0.6) is 0 Å². The third-order valence-electron chi connectivity index (χ3n) is 0.255. The van der Waals surface area contributed by atoms with Crippen LogP contribution < -0.4 is 0 Å². The molecule has 0 saturated heterocycles. The Balaban J connectivity index is 0. The Morgan fingerprint density at radius 1 is 1.80 bits per heavy atom. The molecule has 0 aromatic heterocycles. The highest BCUT2D eigenvalue weighted by Gasteiger charge is 1.98. The first kappa shape index (κ1) is 12.7. The van der Waals surface area contributed by atoms with Crippen molar-refractivity contribution in [3.63, 3.8) is 0 Å². The fourth-order valence-corrected chi connectivity index (χ4v) is 0.388. The fraction of sp³-hybridized carbons (Fsp3) is 0.800. The maximum atomic E-state index is 9.71. The quantitative estimate of drug-likeness (QED) is 0.506. The molecular formula is C5H10Cl2O3. The summed E-state index contributed by atoms with van der Waals surface area (Å²) >= 11 is 9.87. The van der Waals surface area contributed by atoms with Crippen molar-refractivity contribution < 1.29 is 14.6 Å². The van der Waals surface area contributed by atoms with Crippen LogP contribution >= 0.6 is 23.2 Å². The number of aliphatic hydroxyl groups is 1. The smallest absolute Gasteiger partial charge is 0.405 e. The van der Waals surface area contributed by atoms with E-state index in [1.807, 2.05) is 0 Å². The first-order valence-corrected chi connectivity index (χ1v) is 3.47. The summed E-state index contributed by atoms with van der Waals surface area (Å²) in [7, 11) is 0. The number of hydrogen-bond donors (Lipinski definition) is 1. The predicted molar refractivity (Wildman–Crippen MR) is 40.4 cm³/mol. The molecule has 0 rings (SSSR count). The van der Waals surface area contributed by atoms with Crippen molar-refractivity contribution in [1.29, 1.82) is 0 Å². The molecule has 0 aliphatic rings. The van der Waals surface area contributed by atoms with Gasteiger partial charge in [0.05, 0.1) is 0 Å². The molecule has 0 aliphatic heterocycles. The summed E-state index contributed by atoms with van der Waals surface area (Å²) in [5, 5.41) is 7.57. The van der Waals surface area contributed by atoms with Gasteiger partial charge < -0.3 is 9.84 Å². The minimum Gasteiger partial charge on any atom is -0.434 e. The van der Waals surface area contributed by atoms with Gasteiger partial charge in [0.2, 0.25) is 0 Å². The summed E-state index contributed by atoms with van der Waals surface area (Å²) < 4.78 is 4.14. The summed E-state index contributed by atoms with van der Waals surface area (Å²) in [6.07, 6.45) is 0. The van der Waals surface area contributed by atoms with E-state index in [1.54, 1.807) is 6.92 Å². The first-order valence-electron chi connectivity index (χ1n) is 2.65. The Hall–Kier alpha value is 0.01000. The maximum Gasteiger partial charge on any atom is 0.405 e. The van der Waals surface area contributed by atoms with E-state index in [0.717, 1.165) is 0 Å². The third-order valence-corrected chi connectivity index (χ3v) is 0.433. The lowest BCUT2D eigenvalue weighted by Gasteiger charge is -1.97. The molecule has 5 heteroatoms. The Morgan fingerprint density at radius 3 is 2.10 bits per heavy atom. The molecule has 0 radical (unpaired) electrons. The van der Waals surface area contributed by atoms with Crippen molar-refractivity contribution in [2.75, 3.05) is 6.61 Å². The molecule has 0 aromatic carbocycles. The van der Waals surface area contributed by atoms with Gasteiger partial charge in [-0.25, -0.2) is 4.79 Å². The Morgan fingerprint density at radius 2 is 2.10 bits per heavy atom. The molecular weight excluding hydrogens is 179 g/mol. The van der Waals surface area contributed by atoms with Crippen LogP contribution in [0.4, 0.5) is 4.79 Å². The highest BCUT2D eigenvalue weighted by atomic mass is 35.5. The SMILES string of the molecule is CC(Cl)OC(=O)Cl.CCO. The lowest BCUT2D eigenvalue weighted by molar-refractivity contribution is 0.166. The van der Waals surface area contributed by atoms with E-state index in [2.05, 4.69) is 4.74 Å². The van der Waals surface area contributed by atoms with Gasteiger partial charge >= 0.3 is 5.43 Å². The molecule has 1 atom stereocenters. The van der Waals surface area contributed by atoms with E-state index in [9.17, 15) is 4.79 Å². The van der Waals surface area contributed by atoms with Gasteiger partial charge in [-0.05, 0) is 13.8 Å². The van der Waals surface area contributed by atoms with Crippen molar-refractivity contribution in [2.24, 2.45) is 0 Å². The van der Waals surface area contributed by atoms with Crippen LogP contribution in [0.1, 0.15) is 13.8 Å². The van der Waals surface area contributed by atoms with Gasteiger partial charge in [0.25, 0.3) is 0 Å². The van der Waals surface area contributed by atoms with Crippen LogP contribution in [-0.2, 0) is 4.74 Å². The normalized spacial score (nSPS) is 10.9. The molecule has 0 amide bonds. The van der Waals surface area contributed by atoms with Crippen LogP contribution in [-0.4, -0.2) is 22.7 Å². The van der Waals surface area contributed by atoms with Gasteiger partial charge in [-0.2, -0.15) is 0 Å². The molecule has 0 saturated carbocycles. The van der Waals surface area contributed by atoms with Crippen molar-refractivity contribution >= 4 is 28.6 Å². The minimum atomic E-state index is -0.873. The van der Waals surface area contributed by atoms with Crippen molar-refractivity contribution in [3.05, 3.63) is 0 Å².